The van der Waals surface area contributed by atoms with Gasteiger partial charge in [0.1, 0.15) is 0 Å². The lowest BCUT2D eigenvalue weighted by molar-refractivity contribution is -0.590. The minimum absolute atomic E-state index is 0.669. The third-order valence-corrected chi connectivity index (χ3v) is 1.62. The van der Waals surface area contributed by atoms with Crippen molar-refractivity contribution in [1.82, 2.24) is 0 Å². The minimum atomic E-state index is -2.01. The Balaban J connectivity index is 3.09. The highest BCUT2D eigenvalue weighted by Gasteiger charge is 2.48. The molecule has 0 amide bonds. The molecule has 0 aromatic carbocycles. The maximum atomic E-state index is 11.1. The smallest absolute Gasteiger partial charge is 0.308 e. The molecule has 0 fully saturated rings. The van der Waals surface area contributed by atoms with Crippen LogP contribution >= 0.6 is 0 Å². The van der Waals surface area contributed by atoms with E-state index in [4.69, 9.17) is 0 Å². The Morgan fingerprint density at radius 1 is 1.58 bits per heavy atom. The molecule has 0 heterocycles. The maximum Gasteiger partial charge on any atom is 0.407 e. The zero-order valence-electron chi connectivity index (χ0n) is 6.39. The molecule has 5 heteroatoms. The third-order valence-electron chi connectivity index (χ3n) is 1.62. The van der Waals surface area contributed by atoms with Crippen molar-refractivity contribution in [2.75, 3.05) is 7.11 Å². The monoisotopic (exact) mass is 169 g/mol. The van der Waals surface area contributed by atoms with Crippen LogP contribution in [0.2, 0.25) is 0 Å². The van der Waals surface area contributed by atoms with E-state index in [9.17, 15) is 14.9 Å². The summed E-state index contributed by atoms with van der Waals surface area (Å²) in [5.74, 6) is -0.669. The third kappa shape index (κ3) is 1.04. The van der Waals surface area contributed by atoms with E-state index in [1.54, 1.807) is 0 Å². The summed E-state index contributed by atoms with van der Waals surface area (Å²) in [6, 6.07) is 0. The second kappa shape index (κ2) is 2.86. The lowest BCUT2D eigenvalue weighted by Crippen LogP contribution is -2.46. The molecule has 1 unspecified atom stereocenters. The predicted octanol–water partition coefficient (Wildman–Crippen LogP) is 0.301. The fraction of sp³-hybridized carbons (Fsp3) is 0.286. The fourth-order valence-corrected chi connectivity index (χ4v) is 0.924. The van der Waals surface area contributed by atoms with Gasteiger partial charge in [0, 0.05) is 13.2 Å². The van der Waals surface area contributed by atoms with Gasteiger partial charge in [-0.1, -0.05) is 12.2 Å². The van der Waals surface area contributed by atoms with Crippen LogP contribution in [-0.4, -0.2) is 23.5 Å². The van der Waals surface area contributed by atoms with Gasteiger partial charge in [-0.3, -0.25) is 14.9 Å². The molecule has 1 aliphatic carbocycles. The Morgan fingerprint density at radius 3 is 2.58 bits per heavy atom. The molecular formula is C7H7NO4. The van der Waals surface area contributed by atoms with Crippen molar-refractivity contribution in [3.05, 3.63) is 34.4 Å². The summed E-state index contributed by atoms with van der Waals surface area (Å²) < 4.78 is 4.57. The molecule has 0 bridgehead atoms. The van der Waals surface area contributed by atoms with Crippen LogP contribution in [0.25, 0.3) is 0 Å². The molecule has 1 atom stereocenters. The summed E-state index contributed by atoms with van der Waals surface area (Å²) in [5, 5.41) is 10.5. The Morgan fingerprint density at radius 2 is 2.25 bits per heavy atom. The largest absolute Gasteiger partial charge is 0.407 e. The number of allylic oxidation sites excluding steroid dienone is 2. The average Bonchev–Trinajstić information content (AvgIpc) is 2.05. The summed E-state index contributed by atoms with van der Waals surface area (Å²) in [7, 11) is 1.13. The maximum absolute atomic E-state index is 11.1. The van der Waals surface area contributed by atoms with E-state index in [0.29, 0.717) is 0 Å². The summed E-state index contributed by atoms with van der Waals surface area (Å²) in [6.07, 6.45) is 5.08. The van der Waals surface area contributed by atoms with Crippen molar-refractivity contribution < 1.29 is 14.5 Å². The van der Waals surface area contributed by atoms with Crippen LogP contribution < -0.4 is 0 Å². The molecule has 0 spiro atoms. The van der Waals surface area contributed by atoms with E-state index in [1.807, 2.05) is 0 Å². The van der Waals surface area contributed by atoms with Gasteiger partial charge in [0.05, 0.1) is 4.92 Å². The van der Waals surface area contributed by atoms with Crippen LogP contribution in [0, 0.1) is 10.1 Å². The Labute approximate surface area is 68.5 Å². The molecule has 1 rings (SSSR count). The predicted molar refractivity (Wildman–Crippen MR) is 40.0 cm³/mol. The normalized spacial score (nSPS) is 27.6. The van der Waals surface area contributed by atoms with Gasteiger partial charge < -0.3 is 4.74 Å². The van der Waals surface area contributed by atoms with Crippen LogP contribution in [0.5, 0.6) is 0 Å². The number of ketones is 1. The molecule has 0 N–H and O–H groups in total. The second-order valence-electron chi connectivity index (χ2n) is 2.24. The number of methoxy groups -OCH3 is 1. The quantitative estimate of drug-likeness (QED) is 0.338. The lowest BCUT2D eigenvalue weighted by Gasteiger charge is -2.17. The van der Waals surface area contributed by atoms with Crippen LogP contribution in [0.4, 0.5) is 0 Å². The van der Waals surface area contributed by atoms with Crippen molar-refractivity contribution in [2.45, 2.75) is 5.72 Å². The zero-order chi connectivity index (χ0) is 9.19. The number of carbonyl (C=O) groups is 1. The van der Waals surface area contributed by atoms with Crippen LogP contribution in [0.3, 0.4) is 0 Å². The molecule has 0 saturated carbocycles. The first-order chi connectivity index (χ1) is 5.63. The highest BCUT2D eigenvalue weighted by atomic mass is 16.7. The Kier molecular flexibility index (Phi) is 2.05. The molecule has 64 valence electrons. The molecule has 0 radical (unpaired) electrons. The van der Waals surface area contributed by atoms with Crippen LogP contribution in [-0.2, 0) is 9.53 Å². The summed E-state index contributed by atoms with van der Waals surface area (Å²) >= 11 is 0. The number of nitro groups is 1. The van der Waals surface area contributed by atoms with Crippen molar-refractivity contribution >= 4 is 5.78 Å². The molecule has 1 aliphatic rings. The van der Waals surface area contributed by atoms with Crippen molar-refractivity contribution in [2.24, 2.45) is 0 Å². The molecule has 5 nitrogen and oxygen atoms in total. The van der Waals surface area contributed by atoms with E-state index in [1.165, 1.54) is 12.2 Å². The van der Waals surface area contributed by atoms with E-state index < -0.39 is 16.4 Å². The molecule has 12 heavy (non-hydrogen) atoms. The number of nitrogens with zero attached hydrogens (tertiary/aromatic N) is 1. The second-order valence-corrected chi connectivity index (χ2v) is 2.24. The molecular weight excluding hydrogens is 162 g/mol. The van der Waals surface area contributed by atoms with E-state index >= 15 is 0 Å². The van der Waals surface area contributed by atoms with E-state index in [2.05, 4.69) is 4.74 Å². The SMILES string of the molecule is COC1([N+](=O)[O-])C=CC=CC1=O. The van der Waals surface area contributed by atoms with Gasteiger partial charge in [-0.05, 0) is 6.08 Å². The van der Waals surface area contributed by atoms with Gasteiger partial charge in [0.15, 0.2) is 0 Å². The van der Waals surface area contributed by atoms with Gasteiger partial charge in [-0.25, -0.2) is 0 Å². The number of rotatable bonds is 2. The lowest BCUT2D eigenvalue weighted by atomic mass is 10.0. The van der Waals surface area contributed by atoms with Gasteiger partial charge in [0.2, 0.25) is 0 Å². The van der Waals surface area contributed by atoms with Crippen molar-refractivity contribution in [3.63, 3.8) is 0 Å². The van der Waals surface area contributed by atoms with E-state index in [-0.39, 0.29) is 0 Å². The topological polar surface area (TPSA) is 69.4 Å². The Hall–Kier alpha value is -1.49. The standard InChI is InChI=1S/C7H7NO4/c1-12-7(8(10)11)5-3-2-4-6(7)9/h2-5H,1H3. The van der Waals surface area contributed by atoms with Crippen LogP contribution in [0.15, 0.2) is 24.3 Å². The van der Waals surface area contributed by atoms with Crippen molar-refractivity contribution in [3.8, 4) is 0 Å². The van der Waals surface area contributed by atoms with Gasteiger partial charge in [0.25, 0.3) is 5.78 Å². The molecule has 0 saturated heterocycles. The number of carbonyl (C=O) groups excluding carboxylic acids is 1. The highest BCUT2D eigenvalue weighted by molar-refractivity contribution is 5.98. The summed E-state index contributed by atoms with van der Waals surface area (Å²) in [6.45, 7) is 0. The van der Waals surface area contributed by atoms with E-state index in [0.717, 1.165) is 19.3 Å². The zero-order valence-corrected chi connectivity index (χ0v) is 6.39. The van der Waals surface area contributed by atoms with Gasteiger partial charge in [-0.2, -0.15) is 0 Å². The molecule has 0 aliphatic heterocycles. The molecule has 0 aromatic rings. The van der Waals surface area contributed by atoms with Gasteiger partial charge in [-0.15, -0.1) is 0 Å². The van der Waals surface area contributed by atoms with Gasteiger partial charge >= 0.3 is 5.72 Å². The van der Waals surface area contributed by atoms with Crippen molar-refractivity contribution in [1.29, 1.82) is 0 Å². The average molecular weight is 169 g/mol. The number of hydrogen-bond acceptors (Lipinski definition) is 4. The summed E-state index contributed by atoms with van der Waals surface area (Å²) in [5.41, 5.74) is -2.01. The summed E-state index contributed by atoms with van der Waals surface area (Å²) in [4.78, 5) is 20.8. The number of ether oxygens (including phenoxy) is 1. The fourth-order valence-electron chi connectivity index (χ4n) is 0.924. The highest BCUT2D eigenvalue weighted by Crippen LogP contribution is 2.18. The van der Waals surface area contributed by atoms with Crippen LogP contribution in [0.1, 0.15) is 0 Å². The Bertz CT molecular complexity index is 281. The molecule has 0 aromatic heterocycles. The first kappa shape index (κ1) is 8.61. The minimum Gasteiger partial charge on any atom is -0.308 e. The first-order valence-corrected chi connectivity index (χ1v) is 3.23. The first-order valence-electron chi connectivity index (χ1n) is 3.23. The number of hydrogen-bond donors (Lipinski definition) is 0.